The van der Waals surface area contributed by atoms with E-state index in [1.807, 2.05) is 39.3 Å². The Kier molecular flexibility index (Phi) is 4.33. The molecular weight excluding hydrogens is 230 g/mol. The minimum Gasteiger partial charge on any atom is -0.465 e. The zero-order valence-electron chi connectivity index (χ0n) is 11.9. The summed E-state index contributed by atoms with van der Waals surface area (Å²) in [4.78, 5) is 24.0. The normalized spacial score (nSPS) is 11.1. The van der Waals surface area contributed by atoms with Crippen LogP contribution in [0.4, 0.5) is 0 Å². The topological polar surface area (TPSA) is 48.3 Å². The molecular formula is C14H21NO3. The molecule has 18 heavy (non-hydrogen) atoms. The number of ether oxygens (including phenoxy) is 1. The highest BCUT2D eigenvalue weighted by Gasteiger charge is 2.22. The third kappa shape index (κ3) is 2.47. The van der Waals surface area contributed by atoms with Crippen molar-refractivity contribution in [2.24, 2.45) is 7.05 Å². The maximum atomic E-state index is 12.4. The number of pyridine rings is 1. The molecule has 0 aliphatic rings. The lowest BCUT2D eigenvalue weighted by Crippen LogP contribution is -2.26. The van der Waals surface area contributed by atoms with E-state index in [0.29, 0.717) is 5.56 Å². The predicted molar refractivity (Wildman–Crippen MR) is 71.2 cm³/mol. The van der Waals surface area contributed by atoms with Crippen LogP contribution >= 0.6 is 0 Å². The van der Waals surface area contributed by atoms with Crippen molar-refractivity contribution < 1.29 is 9.53 Å². The molecule has 0 N–H and O–H groups in total. The average molecular weight is 251 g/mol. The van der Waals surface area contributed by atoms with Crippen molar-refractivity contribution >= 4 is 5.97 Å². The van der Waals surface area contributed by atoms with Gasteiger partial charge >= 0.3 is 5.97 Å². The van der Waals surface area contributed by atoms with Gasteiger partial charge in [-0.3, -0.25) is 4.79 Å². The largest absolute Gasteiger partial charge is 0.465 e. The lowest BCUT2D eigenvalue weighted by Gasteiger charge is -2.20. The molecule has 1 aromatic rings. The summed E-state index contributed by atoms with van der Waals surface area (Å²) >= 11 is 0. The lowest BCUT2D eigenvalue weighted by molar-refractivity contribution is 0.0598. The Morgan fingerprint density at radius 1 is 1.22 bits per heavy atom. The van der Waals surface area contributed by atoms with Gasteiger partial charge < -0.3 is 9.30 Å². The molecule has 0 saturated carbocycles. The number of carbonyl (C=O) groups excluding carboxylic acids is 1. The van der Waals surface area contributed by atoms with Crippen molar-refractivity contribution in [1.29, 1.82) is 0 Å². The van der Waals surface area contributed by atoms with E-state index in [2.05, 4.69) is 4.74 Å². The molecule has 100 valence electrons. The number of hydrogen-bond donors (Lipinski definition) is 0. The van der Waals surface area contributed by atoms with Crippen LogP contribution in [0.2, 0.25) is 0 Å². The van der Waals surface area contributed by atoms with Crippen molar-refractivity contribution in [3.8, 4) is 0 Å². The maximum Gasteiger partial charge on any atom is 0.343 e. The standard InChI is InChI=1S/C14H21NO3/c1-8(2)11-12(9(3)4)15(5)7-10(13(11)16)14(17)18-6/h7-9H,1-6H3. The first-order chi connectivity index (χ1) is 8.31. The van der Waals surface area contributed by atoms with Gasteiger partial charge in [0.1, 0.15) is 5.56 Å². The fraction of sp³-hybridized carbons (Fsp3) is 0.571. The SMILES string of the molecule is COC(=O)c1cn(C)c(C(C)C)c(C(C)C)c1=O. The smallest absolute Gasteiger partial charge is 0.343 e. The van der Waals surface area contributed by atoms with Crippen molar-refractivity contribution in [3.05, 3.63) is 33.2 Å². The van der Waals surface area contributed by atoms with Gasteiger partial charge in [-0.2, -0.15) is 0 Å². The fourth-order valence-corrected chi connectivity index (χ4v) is 2.30. The zero-order valence-corrected chi connectivity index (χ0v) is 11.9. The summed E-state index contributed by atoms with van der Waals surface area (Å²) in [5, 5.41) is 0. The highest BCUT2D eigenvalue weighted by molar-refractivity contribution is 5.89. The summed E-state index contributed by atoms with van der Waals surface area (Å²) in [7, 11) is 3.14. The number of hydrogen-bond acceptors (Lipinski definition) is 3. The Balaban J connectivity index is 3.67. The molecule has 0 fully saturated rings. The van der Waals surface area contributed by atoms with E-state index in [4.69, 9.17) is 0 Å². The van der Waals surface area contributed by atoms with E-state index in [0.717, 1.165) is 5.69 Å². The Labute approximate surface area is 108 Å². The Morgan fingerprint density at radius 2 is 1.78 bits per heavy atom. The van der Waals surface area contributed by atoms with Crippen LogP contribution in [-0.4, -0.2) is 17.6 Å². The number of aromatic nitrogens is 1. The molecule has 0 atom stereocenters. The monoisotopic (exact) mass is 251 g/mol. The number of carbonyl (C=O) groups is 1. The van der Waals surface area contributed by atoms with Crippen molar-refractivity contribution in [2.75, 3.05) is 7.11 Å². The van der Waals surface area contributed by atoms with Crippen molar-refractivity contribution in [3.63, 3.8) is 0 Å². The third-order valence-electron chi connectivity index (χ3n) is 3.00. The van der Waals surface area contributed by atoms with E-state index >= 15 is 0 Å². The van der Waals surface area contributed by atoms with Gasteiger partial charge in [-0.25, -0.2) is 4.79 Å². The maximum absolute atomic E-state index is 12.4. The van der Waals surface area contributed by atoms with Gasteiger partial charge in [-0.05, 0) is 11.8 Å². The van der Waals surface area contributed by atoms with Gasteiger partial charge in [0.05, 0.1) is 7.11 Å². The molecule has 0 aliphatic carbocycles. The molecule has 0 bridgehead atoms. The van der Waals surface area contributed by atoms with Crippen molar-refractivity contribution in [1.82, 2.24) is 4.57 Å². The van der Waals surface area contributed by atoms with Crippen LogP contribution in [0.15, 0.2) is 11.0 Å². The van der Waals surface area contributed by atoms with Gasteiger partial charge in [0.15, 0.2) is 5.43 Å². The van der Waals surface area contributed by atoms with Crippen LogP contribution in [0.25, 0.3) is 0 Å². The molecule has 0 aromatic carbocycles. The summed E-state index contributed by atoms with van der Waals surface area (Å²) in [6, 6.07) is 0. The van der Waals surface area contributed by atoms with E-state index in [1.165, 1.54) is 7.11 Å². The minimum absolute atomic E-state index is 0.0747. The molecule has 1 aromatic heterocycles. The quantitative estimate of drug-likeness (QED) is 0.775. The molecule has 4 nitrogen and oxygen atoms in total. The van der Waals surface area contributed by atoms with E-state index in [9.17, 15) is 9.59 Å². The average Bonchev–Trinajstić information content (AvgIpc) is 2.29. The summed E-state index contributed by atoms with van der Waals surface area (Å²) in [5.41, 5.74) is 1.57. The highest BCUT2D eigenvalue weighted by atomic mass is 16.5. The van der Waals surface area contributed by atoms with Crippen LogP contribution in [0.1, 0.15) is 61.1 Å². The van der Waals surface area contributed by atoms with Gasteiger partial charge in [0.2, 0.25) is 0 Å². The first-order valence-corrected chi connectivity index (χ1v) is 6.13. The Bertz CT molecular complexity index is 513. The minimum atomic E-state index is -0.576. The fourth-order valence-electron chi connectivity index (χ4n) is 2.30. The lowest BCUT2D eigenvalue weighted by atomic mass is 9.93. The molecule has 0 spiro atoms. The van der Waals surface area contributed by atoms with Crippen LogP contribution in [0.3, 0.4) is 0 Å². The van der Waals surface area contributed by atoms with E-state index < -0.39 is 5.97 Å². The zero-order chi connectivity index (χ0) is 14.0. The van der Waals surface area contributed by atoms with Crippen molar-refractivity contribution in [2.45, 2.75) is 39.5 Å². The Hall–Kier alpha value is -1.58. The molecule has 1 heterocycles. The number of esters is 1. The molecule has 0 radical (unpaired) electrons. The van der Waals surface area contributed by atoms with Crippen LogP contribution in [0.5, 0.6) is 0 Å². The molecule has 0 saturated heterocycles. The highest BCUT2D eigenvalue weighted by Crippen LogP contribution is 2.23. The first kappa shape index (κ1) is 14.5. The summed E-state index contributed by atoms with van der Waals surface area (Å²) in [5.74, 6) is -0.273. The third-order valence-corrected chi connectivity index (χ3v) is 3.00. The van der Waals surface area contributed by atoms with Crippen LogP contribution in [-0.2, 0) is 11.8 Å². The summed E-state index contributed by atoms with van der Waals surface area (Å²) < 4.78 is 6.51. The van der Waals surface area contributed by atoms with Gasteiger partial charge in [-0.1, -0.05) is 27.7 Å². The Morgan fingerprint density at radius 3 is 2.17 bits per heavy atom. The van der Waals surface area contributed by atoms with Gasteiger partial charge in [-0.15, -0.1) is 0 Å². The van der Waals surface area contributed by atoms with E-state index in [1.54, 1.807) is 6.20 Å². The number of aryl methyl sites for hydroxylation is 1. The number of methoxy groups -OCH3 is 1. The predicted octanol–water partition coefficient (Wildman–Crippen LogP) is 2.42. The second-order valence-corrected chi connectivity index (χ2v) is 5.08. The number of rotatable bonds is 3. The molecule has 0 aliphatic heterocycles. The summed E-state index contributed by atoms with van der Waals surface area (Å²) in [6.45, 7) is 8.00. The van der Waals surface area contributed by atoms with Gasteiger partial charge in [0.25, 0.3) is 0 Å². The second-order valence-electron chi connectivity index (χ2n) is 5.08. The molecule has 1 rings (SSSR count). The van der Waals surface area contributed by atoms with Crippen LogP contribution in [0, 0.1) is 0 Å². The second kappa shape index (κ2) is 5.38. The molecule has 4 heteroatoms. The summed E-state index contributed by atoms with van der Waals surface area (Å²) in [6.07, 6.45) is 1.56. The van der Waals surface area contributed by atoms with Gasteiger partial charge in [0, 0.05) is 24.5 Å². The first-order valence-electron chi connectivity index (χ1n) is 6.13. The van der Waals surface area contributed by atoms with E-state index in [-0.39, 0.29) is 22.8 Å². The number of nitrogens with zero attached hydrogens (tertiary/aromatic N) is 1. The van der Waals surface area contributed by atoms with Crippen LogP contribution < -0.4 is 5.43 Å². The molecule has 0 unspecified atom stereocenters. The molecule has 0 amide bonds.